The van der Waals surface area contributed by atoms with Crippen LogP contribution in [0, 0.1) is 6.92 Å². The molecule has 0 aliphatic heterocycles. The number of aryl methyl sites for hydroxylation is 1. The van der Waals surface area contributed by atoms with Crippen molar-refractivity contribution in [3.63, 3.8) is 0 Å². The molecular formula is C10H14N2O. The van der Waals surface area contributed by atoms with Crippen molar-refractivity contribution in [2.75, 3.05) is 6.61 Å². The summed E-state index contributed by atoms with van der Waals surface area (Å²) >= 11 is 0. The first kappa shape index (κ1) is 9.58. The summed E-state index contributed by atoms with van der Waals surface area (Å²) in [7, 11) is 0. The highest BCUT2D eigenvalue weighted by Gasteiger charge is 2.01. The Hall–Kier alpha value is -1.51. The molecule has 0 aliphatic rings. The van der Waals surface area contributed by atoms with E-state index in [0.29, 0.717) is 12.4 Å². The molecule has 1 aromatic carbocycles. The van der Waals surface area contributed by atoms with E-state index in [1.807, 2.05) is 38.1 Å². The first-order valence-corrected chi connectivity index (χ1v) is 4.27. The van der Waals surface area contributed by atoms with E-state index in [0.717, 1.165) is 11.1 Å². The van der Waals surface area contributed by atoms with Crippen LogP contribution in [0.2, 0.25) is 0 Å². The minimum absolute atomic E-state index is 0.431. The zero-order valence-corrected chi connectivity index (χ0v) is 7.95. The maximum atomic E-state index is 5.71. The average Bonchev–Trinajstić information content (AvgIpc) is 2.15. The SMILES string of the molecule is CCO/N=C(\N)c1ccccc1C. The number of hydrogen-bond donors (Lipinski definition) is 1. The zero-order valence-electron chi connectivity index (χ0n) is 7.95. The third-order valence-corrected chi connectivity index (χ3v) is 1.71. The van der Waals surface area contributed by atoms with Gasteiger partial charge in [-0.25, -0.2) is 0 Å². The Balaban J connectivity index is 2.88. The van der Waals surface area contributed by atoms with Crippen LogP contribution in [0.25, 0.3) is 0 Å². The third kappa shape index (κ3) is 2.47. The van der Waals surface area contributed by atoms with Crippen LogP contribution < -0.4 is 5.73 Å². The van der Waals surface area contributed by atoms with Gasteiger partial charge in [0.05, 0.1) is 0 Å². The van der Waals surface area contributed by atoms with Gasteiger partial charge in [-0.2, -0.15) is 0 Å². The number of amidine groups is 1. The second-order valence-corrected chi connectivity index (χ2v) is 2.71. The number of rotatable bonds is 3. The monoisotopic (exact) mass is 178 g/mol. The molecule has 0 heterocycles. The van der Waals surface area contributed by atoms with Crippen molar-refractivity contribution in [2.24, 2.45) is 10.9 Å². The van der Waals surface area contributed by atoms with Crippen molar-refractivity contribution in [3.05, 3.63) is 35.4 Å². The first-order valence-electron chi connectivity index (χ1n) is 4.27. The van der Waals surface area contributed by atoms with Crippen LogP contribution in [-0.4, -0.2) is 12.4 Å². The lowest BCUT2D eigenvalue weighted by Crippen LogP contribution is -2.15. The van der Waals surface area contributed by atoms with Crippen LogP contribution in [0.15, 0.2) is 29.4 Å². The molecule has 0 aromatic heterocycles. The van der Waals surface area contributed by atoms with Gasteiger partial charge in [-0.15, -0.1) is 0 Å². The van der Waals surface area contributed by atoms with Gasteiger partial charge in [0.15, 0.2) is 5.84 Å². The molecule has 0 saturated heterocycles. The fourth-order valence-electron chi connectivity index (χ4n) is 1.04. The predicted octanol–water partition coefficient (Wildman–Crippen LogP) is 1.65. The summed E-state index contributed by atoms with van der Waals surface area (Å²) in [5.74, 6) is 0.431. The molecule has 0 radical (unpaired) electrons. The van der Waals surface area contributed by atoms with Crippen molar-refractivity contribution < 1.29 is 4.84 Å². The van der Waals surface area contributed by atoms with Crippen molar-refractivity contribution in [1.29, 1.82) is 0 Å². The van der Waals surface area contributed by atoms with Gasteiger partial charge in [0.2, 0.25) is 0 Å². The molecule has 1 rings (SSSR count). The Labute approximate surface area is 78.2 Å². The standard InChI is InChI=1S/C10H14N2O/c1-3-13-12-10(11)9-7-5-4-6-8(9)2/h4-7H,3H2,1-2H3,(H2,11,12). The Kier molecular flexibility index (Phi) is 3.31. The molecule has 0 fully saturated rings. The van der Waals surface area contributed by atoms with Gasteiger partial charge >= 0.3 is 0 Å². The van der Waals surface area contributed by atoms with Crippen LogP contribution in [0.4, 0.5) is 0 Å². The maximum absolute atomic E-state index is 5.71. The lowest BCUT2D eigenvalue weighted by atomic mass is 10.1. The molecule has 0 saturated carbocycles. The molecular weight excluding hydrogens is 164 g/mol. The quantitative estimate of drug-likeness (QED) is 0.434. The molecule has 0 bridgehead atoms. The highest BCUT2D eigenvalue weighted by Crippen LogP contribution is 2.06. The van der Waals surface area contributed by atoms with E-state index >= 15 is 0 Å². The van der Waals surface area contributed by atoms with Crippen LogP contribution in [0.1, 0.15) is 18.1 Å². The van der Waals surface area contributed by atoms with Crippen LogP contribution in [-0.2, 0) is 4.84 Å². The normalized spacial score (nSPS) is 11.4. The van der Waals surface area contributed by atoms with Crippen molar-refractivity contribution in [2.45, 2.75) is 13.8 Å². The van der Waals surface area contributed by atoms with E-state index < -0.39 is 0 Å². The third-order valence-electron chi connectivity index (χ3n) is 1.71. The average molecular weight is 178 g/mol. The molecule has 70 valence electrons. The fraction of sp³-hybridized carbons (Fsp3) is 0.300. The molecule has 0 atom stereocenters. The smallest absolute Gasteiger partial charge is 0.170 e. The van der Waals surface area contributed by atoms with Crippen LogP contribution in [0.5, 0.6) is 0 Å². The van der Waals surface area contributed by atoms with Gasteiger partial charge in [0, 0.05) is 5.56 Å². The van der Waals surface area contributed by atoms with Crippen LogP contribution in [0.3, 0.4) is 0 Å². The summed E-state index contributed by atoms with van der Waals surface area (Å²) < 4.78 is 0. The van der Waals surface area contributed by atoms with E-state index in [1.165, 1.54) is 0 Å². The highest BCUT2D eigenvalue weighted by molar-refractivity contribution is 5.98. The van der Waals surface area contributed by atoms with Gasteiger partial charge in [-0.05, 0) is 19.4 Å². The lowest BCUT2D eigenvalue weighted by Gasteiger charge is -2.03. The summed E-state index contributed by atoms with van der Waals surface area (Å²) in [5.41, 5.74) is 7.73. The predicted molar refractivity (Wildman–Crippen MR) is 53.5 cm³/mol. The summed E-state index contributed by atoms with van der Waals surface area (Å²) in [6.45, 7) is 4.39. The number of nitrogens with zero attached hydrogens (tertiary/aromatic N) is 1. The topological polar surface area (TPSA) is 47.6 Å². The van der Waals surface area contributed by atoms with E-state index in [4.69, 9.17) is 10.6 Å². The number of oxime groups is 1. The van der Waals surface area contributed by atoms with E-state index in [9.17, 15) is 0 Å². The van der Waals surface area contributed by atoms with E-state index in [1.54, 1.807) is 0 Å². The second kappa shape index (κ2) is 4.50. The molecule has 0 amide bonds. The summed E-state index contributed by atoms with van der Waals surface area (Å²) in [6, 6.07) is 7.81. The molecule has 3 nitrogen and oxygen atoms in total. The molecule has 0 aliphatic carbocycles. The van der Waals surface area contributed by atoms with Crippen LogP contribution >= 0.6 is 0 Å². The summed E-state index contributed by atoms with van der Waals surface area (Å²) in [5, 5.41) is 3.77. The largest absolute Gasteiger partial charge is 0.394 e. The highest BCUT2D eigenvalue weighted by atomic mass is 16.6. The second-order valence-electron chi connectivity index (χ2n) is 2.71. The summed E-state index contributed by atoms with van der Waals surface area (Å²) in [4.78, 5) is 4.87. The minimum Gasteiger partial charge on any atom is -0.394 e. The van der Waals surface area contributed by atoms with E-state index in [2.05, 4.69) is 5.16 Å². The number of hydrogen-bond acceptors (Lipinski definition) is 2. The lowest BCUT2D eigenvalue weighted by molar-refractivity contribution is 0.158. The molecule has 0 spiro atoms. The molecule has 3 heteroatoms. The van der Waals surface area contributed by atoms with Crippen molar-refractivity contribution in [1.82, 2.24) is 0 Å². The van der Waals surface area contributed by atoms with Gasteiger partial charge in [0.25, 0.3) is 0 Å². The first-order chi connectivity index (χ1) is 6.25. The van der Waals surface area contributed by atoms with Crippen molar-refractivity contribution >= 4 is 5.84 Å². The molecule has 13 heavy (non-hydrogen) atoms. The van der Waals surface area contributed by atoms with Gasteiger partial charge in [0.1, 0.15) is 6.61 Å². The number of nitrogens with two attached hydrogens (primary N) is 1. The minimum atomic E-state index is 0.431. The van der Waals surface area contributed by atoms with Gasteiger partial charge in [-0.1, -0.05) is 29.4 Å². The Morgan fingerprint density at radius 1 is 1.46 bits per heavy atom. The Morgan fingerprint density at radius 2 is 2.15 bits per heavy atom. The maximum Gasteiger partial charge on any atom is 0.170 e. The summed E-state index contributed by atoms with van der Waals surface area (Å²) in [6.07, 6.45) is 0. The Bertz CT molecular complexity index is 308. The molecule has 2 N–H and O–H groups in total. The van der Waals surface area contributed by atoms with Crippen molar-refractivity contribution in [3.8, 4) is 0 Å². The van der Waals surface area contributed by atoms with E-state index in [-0.39, 0.29) is 0 Å². The van der Waals surface area contributed by atoms with Gasteiger partial charge < -0.3 is 10.6 Å². The molecule has 0 unspecified atom stereocenters. The van der Waals surface area contributed by atoms with Gasteiger partial charge in [-0.3, -0.25) is 0 Å². The molecule has 1 aromatic rings. The Morgan fingerprint density at radius 3 is 2.77 bits per heavy atom. The number of benzene rings is 1. The zero-order chi connectivity index (χ0) is 9.68. The fourth-order valence-corrected chi connectivity index (χ4v) is 1.04.